The highest BCUT2D eigenvalue weighted by atomic mass is 32.2. The van der Waals surface area contributed by atoms with Crippen molar-refractivity contribution in [2.24, 2.45) is 0 Å². The lowest BCUT2D eigenvalue weighted by Crippen LogP contribution is -2.46. The van der Waals surface area contributed by atoms with Crippen molar-refractivity contribution in [2.45, 2.75) is 19.4 Å². The fraction of sp³-hybridized carbons (Fsp3) is 0.316. The van der Waals surface area contributed by atoms with Gasteiger partial charge in [-0.25, -0.2) is 8.42 Å². The molecule has 2 aromatic carbocycles. The summed E-state index contributed by atoms with van der Waals surface area (Å²) in [6.45, 7) is 1.88. The summed E-state index contributed by atoms with van der Waals surface area (Å²) in [5, 5.41) is 2.76. The van der Waals surface area contributed by atoms with Crippen LogP contribution >= 0.6 is 0 Å². The van der Waals surface area contributed by atoms with Crippen LogP contribution in [0.3, 0.4) is 0 Å². The molecule has 0 bridgehead atoms. The molecule has 9 heteroatoms. The zero-order valence-electron chi connectivity index (χ0n) is 15.8. The summed E-state index contributed by atoms with van der Waals surface area (Å²) in [6, 6.07) is 10.6. The van der Waals surface area contributed by atoms with Gasteiger partial charge in [-0.15, -0.1) is 0 Å². The lowest BCUT2D eigenvalue weighted by molar-refractivity contribution is -0.117. The Labute approximate surface area is 164 Å². The Kier molecular flexibility index (Phi) is 5.64. The summed E-state index contributed by atoms with van der Waals surface area (Å²) >= 11 is 0. The van der Waals surface area contributed by atoms with E-state index in [4.69, 9.17) is 14.2 Å². The molecular formula is C19H22N2O6S. The molecule has 0 radical (unpaired) electrons. The Bertz CT molecular complexity index is 959. The third-order valence-electron chi connectivity index (χ3n) is 4.30. The van der Waals surface area contributed by atoms with Gasteiger partial charge in [0.05, 0.1) is 19.1 Å². The fourth-order valence-electron chi connectivity index (χ4n) is 2.99. The molecule has 1 aliphatic rings. The van der Waals surface area contributed by atoms with Gasteiger partial charge >= 0.3 is 0 Å². The minimum atomic E-state index is -3.71. The van der Waals surface area contributed by atoms with Gasteiger partial charge in [-0.3, -0.25) is 9.10 Å². The van der Waals surface area contributed by atoms with Gasteiger partial charge < -0.3 is 19.5 Å². The summed E-state index contributed by atoms with van der Waals surface area (Å²) < 4.78 is 41.7. The van der Waals surface area contributed by atoms with Gasteiger partial charge in [-0.2, -0.15) is 0 Å². The van der Waals surface area contributed by atoms with Crippen LogP contribution in [0.1, 0.15) is 13.3 Å². The van der Waals surface area contributed by atoms with Crippen LogP contribution in [0.15, 0.2) is 42.5 Å². The van der Waals surface area contributed by atoms with Crippen LogP contribution in [0.2, 0.25) is 0 Å². The molecule has 3 rings (SSSR count). The second kappa shape index (κ2) is 7.97. The molecule has 8 nitrogen and oxygen atoms in total. The van der Waals surface area contributed by atoms with Crippen molar-refractivity contribution >= 4 is 27.3 Å². The Morgan fingerprint density at radius 3 is 2.46 bits per heavy atom. The van der Waals surface area contributed by atoms with E-state index in [0.717, 1.165) is 10.6 Å². The molecule has 0 saturated carbocycles. The third-order valence-corrected chi connectivity index (χ3v) is 5.48. The van der Waals surface area contributed by atoms with Crippen molar-refractivity contribution in [3.63, 3.8) is 0 Å². The quantitative estimate of drug-likeness (QED) is 0.760. The largest absolute Gasteiger partial charge is 0.497 e. The van der Waals surface area contributed by atoms with E-state index in [1.807, 2.05) is 0 Å². The molecule has 1 atom stereocenters. The Hall–Kier alpha value is -2.94. The monoisotopic (exact) mass is 406 g/mol. The summed E-state index contributed by atoms with van der Waals surface area (Å²) in [5.74, 6) is 1.28. The van der Waals surface area contributed by atoms with E-state index in [1.54, 1.807) is 49.4 Å². The second-order valence-corrected chi connectivity index (χ2v) is 8.10. The number of rotatable bonds is 7. The van der Waals surface area contributed by atoms with Crippen molar-refractivity contribution in [2.75, 3.05) is 29.8 Å². The molecule has 1 aliphatic heterocycles. The van der Waals surface area contributed by atoms with Crippen LogP contribution in [0, 0.1) is 0 Å². The smallest absolute Gasteiger partial charge is 0.248 e. The van der Waals surface area contributed by atoms with Crippen LogP contribution in [0.4, 0.5) is 11.4 Å². The highest BCUT2D eigenvalue weighted by Gasteiger charge is 2.31. The van der Waals surface area contributed by atoms with Crippen LogP contribution in [-0.2, 0) is 14.8 Å². The highest BCUT2D eigenvalue weighted by Crippen LogP contribution is 2.34. The molecule has 0 fully saturated rings. The second-order valence-electron chi connectivity index (χ2n) is 6.24. The van der Waals surface area contributed by atoms with Crippen LogP contribution in [0.25, 0.3) is 0 Å². The number of sulfonamides is 1. The number of nitrogens with zero attached hydrogens (tertiary/aromatic N) is 1. The van der Waals surface area contributed by atoms with Gasteiger partial charge in [0.15, 0.2) is 11.5 Å². The first kappa shape index (κ1) is 19.8. The molecule has 1 heterocycles. The third kappa shape index (κ3) is 4.14. The molecule has 0 saturated heterocycles. The summed E-state index contributed by atoms with van der Waals surface area (Å²) in [4.78, 5) is 12.9. The number of anilines is 2. The normalized spacial score (nSPS) is 13.7. The molecule has 0 aromatic heterocycles. The predicted molar refractivity (Wildman–Crippen MR) is 106 cm³/mol. The zero-order valence-corrected chi connectivity index (χ0v) is 16.7. The number of methoxy groups -OCH3 is 1. The molecule has 0 spiro atoms. The summed E-state index contributed by atoms with van der Waals surface area (Å²) in [6.07, 6.45) is 1.36. The van der Waals surface area contributed by atoms with Gasteiger partial charge in [-0.05, 0) is 42.8 Å². The van der Waals surface area contributed by atoms with Crippen molar-refractivity contribution in [3.8, 4) is 17.2 Å². The van der Waals surface area contributed by atoms with Crippen molar-refractivity contribution in [1.29, 1.82) is 0 Å². The van der Waals surface area contributed by atoms with E-state index < -0.39 is 22.0 Å². The topological polar surface area (TPSA) is 94.2 Å². The number of ether oxygens (including phenoxy) is 3. The van der Waals surface area contributed by atoms with Gasteiger partial charge in [0.2, 0.25) is 22.7 Å². The number of benzene rings is 2. The number of hydrogen-bond donors (Lipinski definition) is 1. The van der Waals surface area contributed by atoms with Gasteiger partial charge in [0, 0.05) is 11.8 Å². The van der Waals surface area contributed by atoms with Crippen molar-refractivity contribution in [1.82, 2.24) is 0 Å². The first-order valence-corrected chi connectivity index (χ1v) is 10.5. The standard InChI is InChI=1S/C19H22N2O6S/c1-4-16(19(22)20-13-5-10-17-18(11-13)27-12-26-17)21(28(3,23)24)14-6-8-15(25-2)9-7-14/h5-11,16H,4,12H2,1-3H3,(H,20,22)/t16-/m0/s1. The van der Waals surface area contributed by atoms with Gasteiger partial charge in [0.1, 0.15) is 11.8 Å². The van der Waals surface area contributed by atoms with Crippen molar-refractivity contribution < 1.29 is 27.4 Å². The molecule has 1 amide bonds. The summed E-state index contributed by atoms with van der Waals surface area (Å²) in [5.41, 5.74) is 0.881. The Morgan fingerprint density at radius 2 is 1.86 bits per heavy atom. The SMILES string of the molecule is CC[C@@H](C(=O)Nc1ccc2c(c1)OCO2)N(c1ccc(OC)cc1)S(C)(=O)=O. The number of nitrogens with one attached hydrogen (secondary N) is 1. The number of carbonyl (C=O) groups excluding carboxylic acids is 1. The first-order chi connectivity index (χ1) is 13.3. The number of carbonyl (C=O) groups is 1. The van der Waals surface area contributed by atoms with Gasteiger partial charge in [0.25, 0.3) is 0 Å². The van der Waals surface area contributed by atoms with Crippen LogP contribution in [-0.4, -0.2) is 40.5 Å². The maximum atomic E-state index is 12.9. The molecule has 0 unspecified atom stereocenters. The minimum Gasteiger partial charge on any atom is -0.497 e. The zero-order chi connectivity index (χ0) is 20.3. The molecule has 1 N–H and O–H groups in total. The summed E-state index contributed by atoms with van der Waals surface area (Å²) in [7, 11) is -2.18. The van der Waals surface area contributed by atoms with E-state index in [1.165, 1.54) is 7.11 Å². The van der Waals surface area contributed by atoms with E-state index in [9.17, 15) is 13.2 Å². The number of hydrogen-bond acceptors (Lipinski definition) is 6. The van der Waals surface area contributed by atoms with E-state index in [-0.39, 0.29) is 13.2 Å². The lowest BCUT2D eigenvalue weighted by Gasteiger charge is -2.30. The number of fused-ring (bicyclic) bond motifs is 1. The van der Waals surface area contributed by atoms with Crippen molar-refractivity contribution in [3.05, 3.63) is 42.5 Å². The average molecular weight is 406 g/mol. The van der Waals surface area contributed by atoms with E-state index in [2.05, 4.69) is 5.32 Å². The van der Waals surface area contributed by atoms with E-state index in [0.29, 0.717) is 28.6 Å². The van der Waals surface area contributed by atoms with Crippen LogP contribution in [0.5, 0.6) is 17.2 Å². The first-order valence-electron chi connectivity index (χ1n) is 8.67. The van der Waals surface area contributed by atoms with Gasteiger partial charge in [-0.1, -0.05) is 6.92 Å². The Balaban J connectivity index is 1.87. The maximum Gasteiger partial charge on any atom is 0.248 e. The van der Waals surface area contributed by atoms with E-state index >= 15 is 0 Å². The maximum absolute atomic E-state index is 12.9. The highest BCUT2D eigenvalue weighted by molar-refractivity contribution is 7.92. The molecule has 150 valence electrons. The van der Waals surface area contributed by atoms with Crippen LogP contribution < -0.4 is 23.8 Å². The molecule has 0 aliphatic carbocycles. The minimum absolute atomic E-state index is 0.129. The fourth-order valence-corrected chi connectivity index (χ4v) is 4.20. The molecule has 28 heavy (non-hydrogen) atoms. The lowest BCUT2D eigenvalue weighted by atomic mass is 10.1. The average Bonchev–Trinajstić information content (AvgIpc) is 3.13. The molecule has 2 aromatic rings. The number of amides is 1. The molecular weight excluding hydrogens is 384 g/mol. The Morgan fingerprint density at radius 1 is 1.18 bits per heavy atom. The predicted octanol–water partition coefficient (Wildman–Crippen LogP) is 2.61.